The van der Waals surface area contributed by atoms with Crippen LogP contribution in [0.3, 0.4) is 0 Å². The standard InChI is InChI=1S/C24H26ClFN2O2/c1-13-5-7-16(26)11-17(13)21-24(14(9-20(29)28-21)12-23(2,3)4)18-8-6-15(25)10-19(18)27-22(24)30/h5-8,10-11,14,21H,9,12H2,1-4H3,(H,27,30)(H,28,29)/t14-,21-,24-/m1/s1. The summed E-state index contributed by atoms with van der Waals surface area (Å²) in [5.74, 6) is -0.949. The van der Waals surface area contributed by atoms with Crippen molar-refractivity contribution in [2.75, 3.05) is 5.32 Å². The van der Waals surface area contributed by atoms with Gasteiger partial charge in [-0.05, 0) is 65.6 Å². The van der Waals surface area contributed by atoms with Crippen molar-refractivity contribution in [2.24, 2.45) is 11.3 Å². The van der Waals surface area contributed by atoms with Crippen LogP contribution in [-0.2, 0) is 15.0 Å². The maximum absolute atomic E-state index is 14.3. The molecule has 0 aliphatic carbocycles. The summed E-state index contributed by atoms with van der Waals surface area (Å²) < 4.78 is 14.3. The molecule has 3 atom stereocenters. The predicted molar refractivity (Wildman–Crippen MR) is 116 cm³/mol. The van der Waals surface area contributed by atoms with E-state index in [1.807, 2.05) is 13.0 Å². The molecule has 2 aromatic carbocycles. The third kappa shape index (κ3) is 3.29. The number of nitrogens with one attached hydrogen (secondary N) is 2. The Morgan fingerprint density at radius 3 is 2.60 bits per heavy atom. The van der Waals surface area contributed by atoms with E-state index in [1.54, 1.807) is 18.2 Å². The van der Waals surface area contributed by atoms with E-state index in [2.05, 4.69) is 31.4 Å². The fourth-order valence-electron chi connectivity index (χ4n) is 5.19. The lowest BCUT2D eigenvalue weighted by atomic mass is 9.58. The van der Waals surface area contributed by atoms with E-state index in [4.69, 9.17) is 11.6 Å². The van der Waals surface area contributed by atoms with Crippen LogP contribution in [0.5, 0.6) is 0 Å². The van der Waals surface area contributed by atoms with Gasteiger partial charge in [-0.15, -0.1) is 0 Å². The van der Waals surface area contributed by atoms with Crippen molar-refractivity contribution >= 4 is 29.1 Å². The van der Waals surface area contributed by atoms with Crippen LogP contribution in [0.15, 0.2) is 36.4 Å². The Labute approximate surface area is 181 Å². The number of carbonyl (C=O) groups is 2. The number of halogens is 2. The average molecular weight is 429 g/mol. The van der Waals surface area contributed by atoms with Crippen LogP contribution in [-0.4, -0.2) is 11.8 Å². The van der Waals surface area contributed by atoms with Gasteiger partial charge in [-0.1, -0.05) is 44.5 Å². The molecule has 2 heterocycles. The highest BCUT2D eigenvalue weighted by molar-refractivity contribution is 6.31. The Morgan fingerprint density at radius 2 is 1.90 bits per heavy atom. The normalized spacial score (nSPS) is 25.8. The zero-order valence-corrected chi connectivity index (χ0v) is 18.4. The third-order valence-electron chi connectivity index (χ3n) is 6.30. The molecule has 2 aliphatic heterocycles. The van der Waals surface area contributed by atoms with Gasteiger partial charge in [-0.25, -0.2) is 4.39 Å². The quantitative estimate of drug-likeness (QED) is 0.682. The number of rotatable bonds is 2. The molecule has 1 saturated heterocycles. The molecule has 1 spiro atoms. The molecule has 4 rings (SSSR count). The highest BCUT2D eigenvalue weighted by Crippen LogP contribution is 2.56. The van der Waals surface area contributed by atoms with Gasteiger partial charge in [-0.2, -0.15) is 0 Å². The summed E-state index contributed by atoms with van der Waals surface area (Å²) in [6.07, 6.45) is 0.901. The van der Waals surface area contributed by atoms with Crippen molar-refractivity contribution in [2.45, 2.75) is 52.0 Å². The molecule has 158 valence electrons. The van der Waals surface area contributed by atoms with Crippen LogP contribution in [0.2, 0.25) is 5.02 Å². The van der Waals surface area contributed by atoms with Gasteiger partial charge in [0.2, 0.25) is 11.8 Å². The van der Waals surface area contributed by atoms with Gasteiger partial charge >= 0.3 is 0 Å². The molecule has 2 aromatic rings. The molecule has 2 aliphatic rings. The van der Waals surface area contributed by atoms with Crippen molar-refractivity contribution < 1.29 is 14.0 Å². The van der Waals surface area contributed by atoms with E-state index >= 15 is 0 Å². The minimum absolute atomic E-state index is 0.105. The number of hydrogen-bond acceptors (Lipinski definition) is 2. The molecule has 30 heavy (non-hydrogen) atoms. The van der Waals surface area contributed by atoms with E-state index in [0.29, 0.717) is 22.7 Å². The average Bonchev–Trinajstić information content (AvgIpc) is 2.91. The van der Waals surface area contributed by atoms with Gasteiger partial charge in [0.25, 0.3) is 0 Å². The monoisotopic (exact) mass is 428 g/mol. The van der Waals surface area contributed by atoms with Crippen LogP contribution >= 0.6 is 11.6 Å². The Bertz CT molecular complexity index is 1050. The van der Waals surface area contributed by atoms with Crippen molar-refractivity contribution in [3.05, 3.63) is 63.9 Å². The lowest BCUT2D eigenvalue weighted by Crippen LogP contribution is -2.58. The first-order valence-electron chi connectivity index (χ1n) is 10.2. The zero-order chi connectivity index (χ0) is 21.8. The molecule has 0 aromatic heterocycles. The van der Waals surface area contributed by atoms with Crippen molar-refractivity contribution in [1.82, 2.24) is 5.32 Å². The minimum Gasteiger partial charge on any atom is -0.348 e. The fourth-order valence-corrected chi connectivity index (χ4v) is 5.36. The van der Waals surface area contributed by atoms with E-state index < -0.39 is 17.3 Å². The van der Waals surface area contributed by atoms with Gasteiger partial charge < -0.3 is 10.6 Å². The Balaban J connectivity index is 2.00. The smallest absolute Gasteiger partial charge is 0.237 e. The van der Waals surface area contributed by atoms with Crippen molar-refractivity contribution in [3.63, 3.8) is 0 Å². The molecular formula is C24H26ClFN2O2. The molecule has 0 bridgehead atoms. The lowest BCUT2D eigenvalue weighted by molar-refractivity contribution is -0.134. The largest absolute Gasteiger partial charge is 0.348 e. The highest BCUT2D eigenvalue weighted by Gasteiger charge is 2.61. The van der Waals surface area contributed by atoms with Crippen LogP contribution in [0, 0.1) is 24.1 Å². The fraction of sp³-hybridized carbons (Fsp3) is 0.417. The van der Waals surface area contributed by atoms with Crippen LogP contribution < -0.4 is 10.6 Å². The van der Waals surface area contributed by atoms with E-state index in [9.17, 15) is 14.0 Å². The van der Waals surface area contributed by atoms with Crippen LogP contribution in [0.25, 0.3) is 0 Å². The van der Waals surface area contributed by atoms with E-state index in [-0.39, 0.29) is 29.6 Å². The first kappa shape index (κ1) is 20.9. The van der Waals surface area contributed by atoms with Gasteiger partial charge in [0, 0.05) is 17.1 Å². The Kier molecular flexibility index (Phi) is 4.93. The Hall–Kier alpha value is -2.40. The molecule has 0 unspecified atom stereocenters. The van der Waals surface area contributed by atoms with E-state index in [1.165, 1.54) is 12.1 Å². The molecule has 0 radical (unpaired) electrons. The molecule has 2 amide bonds. The van der Waals surface area contributed by atoms with Crippen molar-refractivity contribution in [1.29, 1.82) is 0 Å². The van der Waals surface area contributed by atoms with Crippen LogP contribution in [0.1, 0.15) is 56.3 Å². The number of piperidine rings is 1. The number of hydrogen-bond donors (Lipinski definition) is 2. The van der Waals surface area contributed by atoms with Gasteiger partial charge in [-0.3, -0.25) is 9.59 Å². The topological polar surface area (TPSA) is 58.2 Å². The maximum atomic E-state index is 14.3. The first-order valence-corrected chi connectivity index (χ1v) is 10.6. The van der Waals surface area contributed by atoms with Gasteiger partial charge in [0.15, 0.2) is 0 Å². The Morgan fingerprint density at radius 1 is 1.17 bits per heavy atom. The number of benzene rings is 2. The summed E-state index contributed by atoms with van der Waals surface area (Å²) in [4.78, 5) is 26.5. The number of amides is 2. The van der Waals surface area contributed by atoms with Crippen molar-refractivity contribution in [3.8, 4) is 0 Å². The summed E-state index contributed by atoms with van der Waals surface area (Å²) >= 11 is 6.19. The minimum atomic E-state index is -1.04. The number of carbonyl (C=O) groups excluding carboxylic acids is 2. The summed E-state index contributed by atoms with van der Waals surface area (Å²) in [6.45, 7) is 8.18. The second-order valence-corrected chi connectivity index (χ2v) is 10.1. The number of aryl methyl sites for hydroxylation is 1. The summed E-state index contributed by atoms with van der Waals surface area (Å²) in [5.41, 5.74) is 1.76. The predicted octanol–water partition coefficient (Wildman–Crippen LogP) is 5.29. The third-order valence-corrected chi connectivity index (χ3v) is 6.53. The summed E-state index contributed by atoms with van der Waals surface area (Å²) in [6, 6.07) is 9.21. The number of anilines is 1. The van der Waals surface area contributed by atoms with Gasteiger partial charge in [0.1, 0.15) is 11.2 Å². The SMILES string of the molecule is Cc1ccc(F)cc1[C@H]1NC(=O)C[C@H](CC(C)(C)C)[C@]12C(=O)Nc1cc(Cl)ccc12. The molecule has 2 N–H and O–H groups in total. The highest BCUT2D eigenvalue weighted by atomic mass is 35.5. The molecule has 6 heteroatoms. The molecule has 4 nitrogen and oxygen atoms in total. The van der Waals surface area contributed by atoms with E-state index in [0.717, 1.165) is 11.1 Å². The number of fused-ring (bicyclic) bond motifs is 2. The second kappa shape index (κ2) is 7.09. The van der Waals surface area contributed by atoms with Gasteiger partial charge in [0.05, 0.1) is 6.04 Å². The zero-order valence-electron chi connectivity index (χ0n) is 17.6. The molecule has 1 fully saturated rings. The summed E-state index contributed by atoms with van der Waals surface area (Å²) in [7, 11) is 0. The first-order chi connectivity index (χ1) is 14.0. The second-order valence-electron chi connectivity index (χ2n) is 9.68. The summed E-state index contributed by atoms with van der Waals surface area (Å²) in [5, 5.41) is 6.56. The molecule has 0 saturated carbocycles. The van der Waals surface area contributed by atoms with Crippen LogP contribution in [0.4, 0.5) is 10.1 Å². The molecular weight excluding hydrogens is 403 g/mol. The maximum Gasteiger partial charge on any atom is 0.237 e. The lowest BCUT2D eigenvalue weighted by Gasteiger charge is -2.48.